The summed E-state index contributed by atoms with van der Waals surface area (Å²) in [6, 6.07) is -0.0480. The molecule has 2 aromatic rings. The van der Waals surface area contributed by atoms with Crippen molar-refractivity contribution >= 4 is 22.2 Å². The molecule has 1 atom stereocenters. The largest absolute Gasteiger partial charge is 0.379 e. The second kappa shape index (κ2) is 6.55. The van der Waals surface area contributed by atoms with Crippen LogP contribution < -0.4 is 10.9 Å². The molecule has 1 amide bonds. The summed E-state index contributed by atoms with van der Waals surface area (Å²) in [6.07, 6.45) is 2.98. The highest BCUT2D eigenvalue weighted by Crippen LogP contribution is 2.06. The summed E-state index contributed by atoms with van der Waals surface area (Å²) in [4.78, 5) is 31.5. The van der Waals surface area contributed by atoms with Gasteiger partial charge in [-0.05, 0) is 6.92 Å². The normalized spacial score (nSPS) is 17.5. The van der Waals surface area contributed by atoms with Gasteiger partial charge in [0.15, 0.2) is 4.96 Å². The van der Waals surface area contributed by atoms with Crippen LogP contribution in [0, 0.1) is 0 Å². The van der Waals surface area contributed by atoms with Crippen molar-refractivity contribution < 1.29 is 9.53 Å². The molecule has 1 aliphatic heterocycles. The van der Waals surface area contributed by atoms with Gasteiger partial charge < -0.3 is 10.1 Å². The quantitative estimate of drug-likeness (QED) is 0.871. The fourth-order valence-corrected chi connectivity index (χ4v) is 3.17. The number of nitrogens with zero attached hydrogens (tertiary/aromatic N) is 3. The number of thiazole rings is 1. The monoisotopic (exact) mass is 322 g/mol. The lowest BCUT2D eigenvalue weighted by molar-refractivity contribution is 0.0342. The Kier molecular flexibility index (Phi) is 4.51. The van der Waals surface area contributed by atoms with Crippen LogP contribution in [0.4, 0.5) is 0 Å². The number of hydrogen-bond acceptors (Lipinski definition) is 6. The first-order chi connectivity index (χ1) is 10.6. The van der Waals surface area contributed by atoms with Crippen molar-refractivity contribution in [1.82, 2.24) is 19.6 Å². The Morgan fingerprint density at radius 2 is 2.27 bits per heavy atom. The van der Waals surface area contributed by atoms with Gasteiger partial charge in [0.2, 0.25) is 0 Å². The maximum atomic E-state index is 12.3. The smallest absolute Gasteiger partial charge is 0.271 e. The van der Waals surface area contributed by atoms with E-state index < -0.39 is 0 Å². The molecule has 2 aromatic heterocycles. The molecule has 0 spiro atoms. The van der Waals surface area contributed by atoms with Crippen molar-refractivity contribution in [3.8, 4) is 0 Å². The number of fused-ring (bicyclic) bond motifs is 1. The third-order valence-corrected chi connectivity index (χ3v) is 4.37. The number of carbonyl (C=O) groups is 1. The Hall–Kier alpha value is -1.77. The zero-order valence-electron chi connectivity index (χ0n) is 12.3. The highest BCUT2D eigenvalue weighted by atomic mass is 32.1. The number of nitrogens with one attached hydrogen (secondary N) is 1. The topological polar surface area (TPSA) is 75.9 Å². The Labute approximate surface area is 131 Å². The van der Waals surface area contributed by atoms with Crippen LogP contribution >= 0.6 is 11.3 Å². The zero-order valence-corrected chi connectivity index (χ0v) is 13.1. The lowest BCUT2D eigenvalue weighted by Gasteiger charge is -2.29. The Morgan fingerprint density at radius 3 is 3.05 bits per heavy atom. The van der Waals surface area contributed by atoms with E-state index >= 15 is 0 Å². The maximum absolute atomic E-state index is 12.3. The van der Waals surface area contributed by atoms with E-state index in [0.29, 0.717) is 4.96 Å². The van der Waals surface area contributed by atoms with Crippen LogP contribution in [-0.2, 0) is 4.74 Å². The fraction of sp³-hybridized carbons (Fsp3) is 0.500. The molecule has 0 unspecified atom stereocenters. The van der Waals surface area contributed by atoms with Gasteiger partial charge in [-0.2, -0.15) is 0 Å². The molecule has 118 valence electrons. The van der Waals surface area contributed by atoms with Gasteiger partial charge in [0.25, 0.3) is 11.5 Å². The molecular formula is C14H18N4O3S. The van der Waals surface area contributed by atoms with Crippen LogP contribution in [0.25, 0.3) is 4.96 Å². The van der Waals surface area contributed by atoms with Gasteiger partial charge in [0.05, 0.1) is 13.2 Å². The SMILES string of the molecule is C[C@H](CN1CCOCC1)NC(=O)c1cnc2sccn2c1=O. The summed E-state index contributed by atoms with van der Waals surface area (Å²) in [5.74, 6) is -0.376. The zero-order chi connectivity index (χ0) is 15.5. The van der Waals surface area contributed by atoms with Crippen molar-refractivity contribution in [3.63, 3.8) is 0 Å². The molecule has 0 radical (unpaired) electrons. The number of hydrogen-bond donors (Lipinski definition) is 1. The molecule has 1 saturated heterocycles. The van der Waals surface area contributed by atoms with Gasteiger partial charge in [0, 0.05) is 43.4 Å². The minimum Gasteiger partial charge on any atom is -0.379 e. The first kappa shape index (κ1) is 15.1. The third-order valence-electron chi connectivity index (χ3n) is 3.60. The summed E-state index contributed by atoms with van der Waals surface area (Å²) < 4.78 is 6.70. The van der Waals surface area contributed by atoms with E-state index in [2.05, 4.69) is 15.2 Å². The van der Waals surface area contributed by atoms with Crippen LogP contribution in [0.1, 0.15) is 17.3 Å². The highest BCUT2D eigenvalue weighted by molar-refractivity contribution is 7.15. The minimum atomic E-state index is -0.376. The van der Waals surface area contributed by atoms with Crippen molar-refractivity contribution in [1.29, 1.82) is 0 Å². The molecule has 1 aliphatic rings. The first-order valence-electron chi connectivity index (χ1n) is 7.21. The molecule has 0 saturated carbocycles. The van der Waals surface area contributed by atoms with Crippen molar-refractivity contribution in [2.24, 2.45) is 0 Å². The number of morpholine rings is 1. The van der Waals surface area contributed by atoms with E-state index in [1.165, 1.54) is 21.9 Å². The van der Waals surface area contributed by atoms with Crippen LogP contribution in [0.15, 0.2) is 22.6 Å². The van der Waals surface area contributed by atoms with Crippen LogP contribution in [0.3, 0.4) is 0 Å². The van der Waals surface area contributed by atoms with E-state index in [-0.39, 0.29) is 23.1 Å². The summed E-state index contributed by atoms with van der Waals surface area (Å²) in [6.45, 7) is 5.85. The van der Waals surface area contributed by atoms with Crippen molar-refractivity contribution in [2.75, 3.05) is 32.8 Å². The standard InChI is InChI=1S/C14H18N4O3S/c1-10(9-17-2-5-21-6-3-17)16-12(19)11-8-15-14-18(13(11)20)4-7-22-14/h4,7-8,10H,2-3,5-6,9H2,1H3,(H,16,19)/t10-/m1/s1. The van der Waals surface area contributed by atoms with Crippen molar-refractivity contribution in [2.45, 2.75) is 13.0 Å². The van der Waals surface area contributed by atoms with Crippen molar-refractivity contribution in [3.05, 3.63) is 33.7 Å². The van der Waals surface area contributed by atoms with Crippen LogP contribution in [-0.4, -0.2) is 59.1 Å². The number of rotatable bonds is 4. The Morgan fingerprint density at radius 1 is 1.50 bits per heavy atom. The third kappa shape index (κ3) is 3.18. The van der Waals surface area contributed by atoms with Gasteiger partial charge in [-0.1, -0.05) is 0 Å². The molecule has 0 bridgehead atoms. The Bertz CT molecular complexity index is 720. The molecule has 1 N–H and O–H groups in total. The predicted molar refractivity (Wildman–Crippen MR) is 83.5 cm³/mol. The molecule has 0 aromatic carbocycles. The molecule has 7 nitrogen and oxygen atoms in total. The second-order valence-corrected chi connectivity index (χ2v) is 6.19. The summed E-state index contributed by atoms with van der Waals surface area (Å²) in [5.41, 5.74) is -0.257. The molecule has 3 heterocycles. The number of carbonyl (C=O) groups excluding carboxylic acids is 1. The van der Waals surface area contributed by atoms with E-state index in [0.717, 1.165) is 32.8 Å². The van der Waals surface area contributed by atoms with Gasteiger partial charge >= 0.3 is 0 Å². The average molecular weight is 322 g/mol. The molecule has 22 heavy (non-hydrogen) atoms. The molecular weight excluding hydrogens is 304 g/mol. The van der Waals surface area contributed by atoms with Crippen LogP contribution in [0.2, 0.25) is 0 Å². The highest BCUT2D eigenvalue weighted by Gasteiger charge is 2.18. The van der Waals surface area contributed by atoms with Gasteiger partial charge in [-0.25, -0.2) is 4.98 Å². The maximum Gasteiger partial charge on any atom is 0.271 e. The van der Waals surface area contributed by atoms with E-state index in [9.17, 15) is 9.59 Å². The van der Waals surface area contributed by atoms with Gasteiger partial charge in [-0.3, -0.25) is 18.9 Å². The summed E-state index contributed by atoms with van der Waals surface area (Å²) in [7, 11) is 0. The molecule has 0 aliphatic carbocycles. The van der Waals surface area contributed by atoms with E-state index in [1.807, 2.05) is 6.92 Å². The Balaban J connectivity index is 1.67. The predicted octanol–water partition coefficient (Wildman–Crippen LogP) is 0.206. The van der Waals surface area contributed by atoms with Crippen LogP contribution in [0.5, 0.6) is 0 Å². The van der Waals surface area contributed by atoms with Gasteiger partial charge in [0.1, 0.15) is 5.56 Å². The lowest BCUT2D eigenvalue weighted by Crippen LogP contribution is -2.46. The second-order valence-electron chi connectivity index (χ2n) is 5.32. The van der Waals surface area contributed by atoms with E-state index in [1.54, 1.807) is 11.6 Å². The molecule has 1 fully saturated rings. The summed E-state index contributed by atoms with van der Waals surface area (Å²) >= 11 is 1.36. The number of aromatic nitrogens is 2. The average Bonchev–Trinajstić information content (AvgIpc) is 2.97. The minimum absolute atomic E-state index is 0.0480. The summed E-state index contributed by atoms with van der Waals surface area (Å²) in [5, 5.41) is 4.64. The molecule has 3 rings (SSSR count). The fourth-order valence-electron chi connectivity index (χ4n) is 2.50. The lowest BCUT2D eigenvalue weighted by atomic mass is 10.2. The number of amides is 1. The number of ether oxygens (including phenoxy) is 1. The first-order valence-corrected chi connectivity index (χ1v) is 8.09. The van der Waals surface area contributed by atoms with Gasteiger partial charge in [-0.15, -0.1) is 11.3 Å². The van der Waals surface area contributed by atoms with E-state index in [4.69, 9.17) is 4.74 Å². The molecule has 8 heteroatoms.